The third-order valence-corrected chi connectivity index (χ3v) is 3.28. The molecule has 1 N–H and O–H groups in total. The zero-order valence-electron chi connectivity index (χ0n) is 11.1. The highest BCUT2D eigenvalue weighted by molar-refractivity contribution is 5.56. The van der Waals surface area contributed by atoms with Crippen LogP contribution in [0.3, 0.4) is 0 Å². The van der Waals surface area contributed by atoms with Crippen molar-refractivity contribution in [2.75, 3.05) is 32.2 Å². The molecule has 3 nitrogen and oxygen atoms in total. The van der Waals surface area contributed by atoms with Gasteiger partial charge in [-0.05, 0) is 32.0 Å². The van der Waals surface area contributed by atoms with Crippen molar-refractivity contribution in [3.63, 3.8) is 0 Å². The van der Waals surface area contributed by atoms with Gasteiger partial charge in [0, 0.05) is 37.5 Å². The van der Waals surface area contributed by atoms with Gasteiger partial charge in [0.25, 0.3) is 0 Å². The molecule has 0 unspecified atom stereocenters. The Hall–Kier alpha value is -1.13. The highest BCUT2D eigenvalue weighted by Gasteiger charge is 2.30. The normalized spacial score (nSPS) is 14.8. The van der Waals surface area contributed by atoms with E-state index in [-0.39, 0.29) is 5.82 Å². The Morgan fingerprint density at radius 2 is 2.22 bits per heavy atom. The summed E-state index contributed by atoms with van der Waals surface area (Å²) in [6.45, 7) is 2.05. The second kappa shape index (κ2) is 6.16. The van der Waals surface area contributed by atoms with Crippen molar-refractivity contribution in [3.8, 4) is 0 Å². The van der Waals surface area contributed by atoms with Crippen LogP contribution in [0.4, 0.5) is 10.1 Å². The standard InChI is InChI=1S/C14H21FN2O/c1-16-10-12-13(15)4-3-5-14(12)17(8-9-18-2)11-6-7-11/h3-5,11,16H,6-10H2,1-2H3. The minimum absolute atomic E-state index is 0.134. The van der Waals surface area contributed by atoms with Crippen LogP contribution >= 0.6 is 0 Å². The lowest BCUT2D eigenvalue weighted by Gasteiger charge is -2.27. The van der Waals surface area contributed by atoms with Gasteiger partial charge >= 0.3 is 0 Å². The Bertz CT molecular complexity index is 393. The summed E-state index contributed by atoms with van der Waals surface area (Å²) in [5.74, 6) is -0.134. The molecule has 1 aromatic carbocycles. The Morgan fingerprint density at radius 3 is 2.83 bits per heavy atom. The molecule has 100 valence electrons. The van der Waals surface area contributed by atoms with Crippen LogP contribution in [0.25, 0.3) is 0 Å². The van der Waals surface area contributed by atoms with Crippen molar-refractivity contribution < 1.29 is 9.13 Å². The van der Waals surface area contributed by atoms with Gasteiger partial charge in [-0.15, -0.1) is 0 Å². The first-order chi connectivity index (χ1) is 8.77. The summed E-state index contributed by atoms with van der Waals surface area (Å²) in [6, 6.07) is 5.87. The second-order valence-corrected chi connectivity index (χ2v) is 4.69. The van der Waals surface area contributed by atoms with Crippen LogP contribution in [0.15, 0.2) is 18.2 Å². The molecule has 1 aromatic rings. The van der Waals surface area contributed by atoms with Crippen molar-refractivity contribution in [3.05, 3.63) is 29.6 Å². The quantitative estimate of drug-likeness (QED) is 0.805. The maximum absolute atomic E-state index is 13.9. The SMILES string of the molecule is CNCc1c(F)cccc1N(CCOC)C1CC1. The van der Waals surface area contributed by atoms with Gasteiger partial charge in [0.2, 0.25) is 0 Å². The average molecular weight is 252 g/mol. The number of nitrogens with one attached hydrogen (secondary N) is 1. The molecule has 0 amide bonds. The summed E-state index contributed by atoms with van der Waals surface area (Å²) < 4.78 is 19.1. The molecule has 0 spiro atoms. The molecule has 0 bridgehead atoms. The number of hydrogen-bond donors (Lipinski definition) is 1. The first-order valence-corrected chi connectivity index (χ1v) is 6.45. The zero-order valence-corrected chi connectivity index (χ0v) is 11.1. The first-order valence-electron chi connectivity index (χ1n) is 6.45. The largest absolute Gasteiger partial charge is 0.383 e. The summed E-state index contributed by atoms with van der Waals surface area (Å²) in [5, 5.41) is 3.04. The fraction of sp³-hybridized carbons (Fsp3) is 0.571. The third kappa shape index (κ3) is 3.00. The summed E-state index contributed by atoms with van der Waals surface area (Å²) in [5.41, 5.74) is 1.76. The Labute approximate surface area is 108 Å². The number of ether oxygens (including phenoxy) is 1. The van der Waals surface area contributed by atoms with Crippen molar-refractivity contribution in [2.24, 2.45) is 0 Å². The van der Waals surface area contributed by atoms with E-state index in [0.717, 1.165) is 17.8 Å². The summed E-state index contributed by atoms with van der Waals surface area (Å²) >= 11 is 0. The molecule has 1 aliphatic carbocycles. The molecule has 1 aliphatic rings. The number of methoxy groups -OCH3 is 1. The van der Waals surface area contributed by atoms with Gasteiger partial charge in [0.1, 0.15) is 5.82 Å². The van der Waals surface area contributed by atoms with Crippen molar-refractivity contribution >= 4 is 5.69 Å². The van der Waals surface area contributed by atoms with Crippen LogP contribution in [0.1, 0.15) is 18.4 Å². The van der Waals surface area contributed by atoms with Gasteiger partial charge < -0.3 is 15.0 Å². The third-order valence-electron chi connectivity index (χ3n) is 3.28. The molecule has 0 aromatic heterocycles. The molecule has 0 saturated heterocycles. The van der Waals surface area contributed by atoms with E-state index in [9.17, 15) is 4.39 Å². The number of benzene rings is 1. The Morgan fingerprint density at radius 1 is 1.44 bits per heavy atom. The number of rotatable bonds is 7. The van der Waals surface area contributed by atoms with E-state index in [0.29, 0.717) is 19.2 Å². The Kier molecular flexibility index (Phi) is 4.55. The molecule has 18 heavy (non-hydrogen) atoms. The number of halogens is 1. The van der Waals surface area contributed by atoms with Gasteiger partial charge in [-0.3, -0.25) is 0 Å². The molecule has 0 atom stereocenters. The van der Waals surface area contributed by atoms with Gasteiger partial charge in [-0.2, -0.15) is 0 Å². The minimum atomic E-state index is -0.134. The maximum atomic E-state index is 13.9. The lowest BCUT2D eigenvalue weighted by molar-refractivity contribution is 0.205. The van der Waals surface area contributed by atoms with Crippen LogP contribution < -0.4 is 10.2 Å². The van der Waals surface area contributed by atoms with Crippen molar-refractivity contribution in [1.82, 2.24) is 5.32 Å². The highest BCUT2D eigenvalue weighted by atomic mass is 19.1. The molecule has 0 heterocycles. The van der Waals surface area contributed by atoms with Crippen LogP contribution in [-0.2, 0) is 11.3 Å². The fourth-order valence-electron chi connectivity index (χ4n) is 2.24. The smallest absolute Gasteiger partial charge is 0.129 e. The molecular formula is C14H21FN2O. The Balaban J connectivity index is 2.25. The summed E-state index contributed by atoms with van der Waals surface area (Å²) in [7, 11) is 3.54. The molecule has 1 saturated carbocycles. The van der Waals surface area contributed by atoms with Gasteiger partial charge in [-0.1, -0.05) is 6.07 Å². The summed E-state index contributed by atoms with van der Waals surface area (Å²) in [4.78, 5) is 2.28. The van der Waals surface area contributed by atoms with Gasteiger partial charge in [-0.25, -0.2) is 4.39 Å². The molecule has 0 radical (unpaired) electrons. The lowest BCUT2D eigenvalue weighted by Crippen LogP contribution is -2.31. The number of anilines is 1. The maximum Gasteiger partial charge on any atom is 0.129 e. The topological polar surface area (TPSA) is 24.5 Å². The van der Waals surface area contributed by atoms with Crippen molar-refractivity contribution in [1.29, 1.82) is 0 Å². The van der Waals surface area contributed by atoms with E-state index in [2.05, 4.69) is 10.2 Å². The molecule has 1 fully saturated rings. The first kappa shape index (κ1) is 13.3. The minimum Gasteiger partial charge on any atom is -0.383 e. The predicted molar refractivity (Wildman–Crippen MR) is 71.4 cm³/mol. The van der Waals surface area contributed by atoms with E-state index >= 15 is 0 Å². The molecular weight excluding hydrogens is 231 g/mol. The molecule has 0 aliphatic heterocycles. The van der Waals surface area contributed by atoms with Crippen LogP contribution in [-0.4, -0.2) is 33.4 Å². The summed E-state index contributed by atoms with van der Waals surface area (Å²) in [6.07, 6.45) is 2.39. The van der Waals surface area contributed by atoms with Crippen molar-refractivity contribution in [2.45, 2.75) is 25.4 Å². The van der Waals surface area contributed by atoms with E-state index in [1.165, 1.54) is 18.9 Å². The zero-order chi connectivity index (χ0) is 13.0. The molecule has 2 rings (SSSR count). The van der Waals surface area contributed by atoms with Gasteiger partial charge in [0.15, 0.2) is 0 Å². The van der Waals surface area contributed by atoms with Crippen LogP contribution in [0, 0.1) is 5.82 Å². The predicted octanol–water partition coefficient (Wildman–Crippen LogP) is 2.16. The van der Waals surface area contributed by atoms with Crippen LogP contribution in [0.2, 0.25) is 0 Å². The van der Waals surface area contributed by atoms with E-state index in [4.69, 9.17) is 4.74 Å². The number of hydrogen-bond acceptors (Lipinski definition) is 3. The number of nitrogens with zero attached hydrogens (tertiary/aromatic N) is 1. The van der Waals surface area contributed by atoms with Crippen LogP contribution in [0.5, 0.6) is 0 Å². The molecule has 4 heteroatoms. The average Bonchev–Trinajstić information content (AvgIpc) is 3.18. The van der Waals surface area contributed by atoms with E-state index in [1.807, 2.05) is 13.1 Å². The lowest BCUT2D eigenvalue weighted by atomic mass is 10.1. The fourth-order valence-corrected chi connectivity index (χ4v) is 2.24. The van der Waals surface area contributed by atoms with E-state index in [1.54, 1.807) is 13.2 Å². The second-order valence-electron chi connectivity index (χ2n) is 4.69. The van der Waals surface area contributed by atoms with Gasteiger partial charge in [0.05, 0.1) is 6.61 Å². The monoisotopic (exact) mass is 252 g/mol. The van der Waals surface area contributed by atoms with E-state index < -0.39 is 0 Å². The highest BCUT2D eigenvalue weighted by Crippen LogP contribution is 2.34.